The Hall–Kier alpha value is -1.33. The average molecular weight is 377 g/mol. The maximum absolute atomic E-state index is 11.8. The van der Waals surface area contributed by atoms with E-state index in [0.717, 1.165) is 55.2 Å². The van der Waals surface area contributed by atoms with Crippen molar-refractivity contribution in [2.75, 3.05) is 26.7 Å². The normalized spacial score (nSPS) is 24.1. The molecule has 0 aromatic heterocycles. The molecule has 0 aliphatic carbocycles. The molecule has 26 heavy (non-hydrogen) atoms. The first-order chi connectivity index (χ1) is 12.6. The lowest BCUT2D eigenvalue weighted by Crippen LogP contribution is -2.65. The molecule has 2 aromatic rings. The van der Waals surface area contributed by atoms with Gasteiger partial charge in [0, 0.05) is 30.6 Å². The molecule has 0 radical (unpaired) electrons. The summed E-state index contributed by atoms with van der Waals surface area (Å²) in [6.07, 6.45) is 3.06. The van der Waals surface area contributed by atoms with Crippen molar-refractivity contribution in [3.63, 3.8) is 0 Å². The zero-order chi connectivity index (χ0) is 18.7. The number of nitrogens with one attached hydrogen (secondary N) is 1. The second kappa shape index (κ2) is 8.13. The van der Waals surface area contributed by atoms with Gasteiger partial charge in [0.05, 0.1) is 18.2 Å². The molecular formula is C21H29ClN2O2. The maximum atomic E-state index is 11.8. The van der Waals surface area contributed by atoms with Gasteiger partial charge < -0.3 is 15.2 Å². The van der Waals surface area contributed by atoms with Crippen LogP contribution in [0, 0.1) is 0 Å². The van der Waals surface area contributed by atoms with Gasteiger partial charge in [0.15, 0.2) is 5.72 Å². The predicted molar refractivity (Wildman–Crippen MR) is 108 cm³/mol. The third-order valence-corrected chi connectivity index (χ3v) is 5.88. The molecule has 0 saturated carbocycles. The number of rotatable bonds is 6. The Balaban J connectivity index is 2.07. The molecule has 142 valence electrons. The zero-order valence-corrected chi connectivity index (χ0v) is 16.6. The van der Waals surface area contributed by atoms with Crippen molar-refractivity contribution in [2.24, 2.45) is 0 Å². The fourth-order valence-corrected chi connectivity index (χ4v) is 4.32. The van der Waals surface area contributed by atoms with Crippen LogP contribution in [0.25, 0.3) is 10.8 Å². The highest BCUT2D eigenvalue weighted by Gasteiger charge is 2.45. The van der Waals surface area contributed by atoms with E-state index in [0.29, 0.717) is 10.8 Å². The minimum absolute atomic E-state index is 0.000670. The van der Waals surface area contributed by atoms with Crippen LogP contribution in [-0.2, 0) is 5.72 Å². The van der Waals surface area contributed by atoms with Gasteiger partial charge in [-0.2, -0.15) is 0 Å². The maximum Gasteiger partial charge on any atom is 0.160 e. The van der Waals surface area contributed by atoms with Crippen molar-refractivity contribution in [1.29, 1.82) is 0 Å². The summed E-state index contributed by atoms with van der Waals surface area (Å²) < 4.78 is 5.32. The molecule has 1 aliphatic heterocycles. The highest BCUT2D eigenvalue weighted by atomic mass is 35.5. The Kier molecular flexibility index (Phi) is 6.08. The van der Waals surface area contributed by atoms with Gasteiger partial charge in [-0.3, -0.25) is 4.90 Å². The predicted octanol–water partition coefficient (Wildman–Crippen LogP) is 4.13. The van der Waals surface area contributed by atoms with Crippen LogP contribution in [0.3, 0.4) is 0 Å². The molecule has 2 atom stereocenters. The lowest BCUT2D eigenvalue weighted by atomic mass is 9.87. The van der Waals surface area contributed by atoms with Gasteiger partial charge in [0.1, 0.15) is 5.75 Å². The minimum Gasteiger partial charge on any atom is -0.495 e. The van der Waals surface area contributed by atoms with E-state index >= 15 is 0 Å². The van der Waals surface area contributed by atoms with E-state index in [4.69, 9.17) is 16.3 Å². The highest BCUT2D eigenvalue weighted by Crippen LogP contribution is 2.38. The summed E-state index contributed by atoms with van der Waals surface area (Å²) in [6, 6.07) is 9.94. The summed E-state index contributed by atoms with van der Waals surface area (Å²) in [4.78, 5) is 2.23. The van der Waals surface area contributed by atoms with E-state index in [9.17, 15) is 5.11 Å². The fourth-order valence-electron chi connectivity index (χ4n) is 4.01. The number of unbranched alkanes of at least 4 members (excludes halogenated alkanes) is 1. The van der Waals surface area contributed by atoms with Crippen LogP contribution in [0.15, 0.2) is 30.3 Å². The summed E-state index contributed by atoms with van der Waals surface area (Å²) >= 11 is 6.46. The summed E-state index contributed by atoms with van der Waals surface area (Å²) in [5, 5.41) is 17.9. The molecular weight excluding hydrogens is 348 g/mol. The molecule has 4 nitrogen and oxygen atoms in total. The van der Waals surface area contributed by atoms with Crippen LogP contribution in [0.5, 0.6) is 5.75 Å². The number of aliphatic hydroxyl groups is 1. The number of hydrogen-bond donors (Lipinski definition) is 2. The molecule has 3 rings (SSSR count). The summed E-state index contributed by atoms with van der Waals surface area (Å²) in [7, 11) is 1.62. The van der Waals surface area contributed by atoms with Gasteiger partial charge >= 0.3 is 0 Å². The molecule has 2 aromatic carbocycles. The van der Waals surface area contributed by atoms with E-state index in [1.165, 1.54) is 0 Å². The Morgan fingerprint density at radius 3 is 2.81 bits per heavy atom. The SMILES string of the molecule is CCCCN1CCNC(CC)C1(O)c1ccc2c(Cl)c(OC)ccc2c1. The van der Waals surface area contributed by atoms with Gasteiger partial charge in [-0.25, -0.2) is 0 Å². The van der Waals surface area contributed by atoms with Crippen molar-refractivity contribution in [1.82, 2.24) is 10.2 Å². The van der Waals surface area contributed by atoms with E-state index in [1.54, 1.807) is 7.11 Å². The Bertz CT molecular complexity index is 767. The fraction of sp³-hybridized carbons (Fsp3) is 0.524. The zero-order valence-electron chi connectivity index (χ0n) is 15.9. The molecule has 1 heterocycles. The number of ether oxygens (including phenoxy) is 1. The molecule has 5 heteroatoms. The van der Waals surface area contributed by atoms with Crippen LogP contribution in [0.2, 0.25) is 5.02 Å². The van der Waals surface area contributed by atoms with Gasteiger partial charge in [-0.15, -0.1) is 0 Å². The first-order valence-electron chi connectivity index (χ1n) is 9.53. The highest BCUT2D eigenvalue weighted by molar-refractivity contribution is 6.37. The summed E-state index contributed by atoms with van der Waals surface area (Å²) in [5.41, 5.74) is -0.0932. The summed E-state index contributed by atoms with van der Waals surface area (Å²) in [6.45, 7) is 6.95. The minimum atomic E-state index is -1.01. The number of piperazine rings is 1. The Morgan fingerprint density at radius 2 is 2.12 bits per heavy atom. The first kappa shape index (κ1) is 19.4. The van der Waals surface area contributed by atoms with Gasteiger partial charge in [0.2, 0.25) is 0 Å². The molecule has 0 bridgehead atoms. The van der Waals surface area contributed by atoms with Crippen LogP contribution in [-0.4, -0.2) is 42.8 Å². The number of nitrogens with zero attached hydrogens (tertiary/aromatic N) is 1. The summed E-state index contributed by atoms with van der Waals surface area (Å²) in [5.74, 6) is 0.668. The molecule has 2 unspecified atom stereocenters. The molecule has 1 fully saturated rings. The monoisotopic (exact) mass is 376 g/mol. The molecule has 1 aliphatic rings. The van der Waals surface area contributed by atoms with Gasteiger partial charge in [0.25, 0.3) is 0 Å². The topological polar surface area (TPSA) is 44.7 Å². The smallest absolute Gasteiger partial charge is 0.160 e. The quantitative estimate of drug-likeness (QED) is 0.795. The molecule has 0 spiro atoms. The van der Waals surface area contributed by atoms with Crippen LogP contribution >= 0.6 is 11.6 Å². The van der Waals surface area contributed by atoms with Gasteiger partial charge in [-0.05, 0) is 30.4 Å². The number of halogens is 1. The standard InChI is InChI=1S/C21H29ClN2O2/c1-4-6-12-24-13-11-23-19(5-2)21(24,25)16-8-9-17-15(14-16)7-10-18(26-3)20(17)22/h7-10,14,19,23,25H,4-6,11-13H2,1-3H3. The van der Waals surface area contributed by atoms with E-state index in [1.807, 2.05) is 24.3 Å². The van der Waals surface area contributed by atoms with Crippen molar-refractivity contribution in [2.45, 2.75) is 44.9 Å². The third-order valence-electron chi connectivity index (χ3n) is 5.49. The molecule has 2 N–H and O–H groups in total. The van der Waals surface area contributed by atoms with E-state index in [-0.39, 0.29) is 6.04 Å². The lowest BCUT2D eigenvalue weighted by molar-refractivity contribution is -0.159. The van der Waals surface area contributed by atoms with Crippen LogP contribution < -0.4 is 10.1 Å². The van der Waals surface area contributed by atoms with Crippen molar-refractivity contribution < 1.29 is 9.84 Å². The number of benzene rings is 2. The van der Waals surface area contributed by atoms with Gasteiger partial charge in [-0.1, -0.05) is 50.1 Å². The second-order valence-corrected chi connectivity index (χ2v) is 7.38. The number of hydrogen-bond acceptors (Lipinski definition) is 4. The Morgan fingerprint density at radius 1 is 1.31 bits per heavy atom. The molecule has 1 saturated heterocycles. The van der Waals surface area contributed by atoms with Crippen molar-refractivity contribution >= 4 is 22.4 Å². The number of methoxy groups -OCH3 is 1. The lowest BCUT2D eigenvalue weighted by Gasteiger charge is -2.49. The van der Waals surface area contributed by atoms with Crippen molar-refractivity contribution in [3.8, 4) is 5.75 Å². The van der Waals surface area contributed by atoms with E-state index < -0.39 is 5.72 Å². The van der Waals surface area contributed by atoms with E-state index in [2.05, 4.69) is 30.1 Å². The second-order valence-electron chi connectivity index (χ2n) is 7.00. The molecule has 0 amide bonds. The number of fused-ring (bicyclic) bond motifs is 1. The average Bonchev–Trinajstić information content (AvgIpc) is 2.67. The largest absolute Gasteiger partial charge is 0.495 e. The van der Waals surface area contributed by atoms with Crippen molar-refractivity contribution in [3.05, 3.63) is 40.9 Å². The van der Waals surface area contributed by atoms with Crippen LogP contribution in [0.4, 0.5) is 0 Å². The Labute approximate surface area is 161 Å². The van der Waals surface area contributed by atoms with Crippen LogP contribution in [0.1, 0.15) is 38.7 Å². The third kappa shape index (κ3) is 3.31. The first-order valence-corrected chi connectivity index (χ1v) is 9.91.